The standard InChI is InChI=1S/C15H10O7.C15H10O4/c16-7-4-10(19)12-11(5-7)22-15(14(21)13(12)20)6-1-2-8(17)9(18)3-6;1-7-5-9-13(11(17)6-7)15(19)12-8(14(9)18)3-2-4-10(12)16/h1-5,16-19,21H;2-6,16-17H,1H3. The molecule has 5 aromatic rings. The lowest BCUT2D eigenvalue weighted by Gasteiger charge is -2.19. The summed E-state index contributed by atoms with van der Waals surface area (Å²) in [5, 5.41) is 67.3. The zero-order chi connectivity index (χ0) is 29.7. The average Bonchev–Trinajstić information content (AvgIpc) is 2.90. The zero-order valence-corrected chi connectivity index (χ0v) is 21.0. The summed E-state index contributed by atoms with van der Waals surface area (Å²) < 4.78 is 5.35. The fourth-order valence-electron chi connectivity index (χ4n) is 4.56. The second-order valence-electron chi connectivity index (χ2n) is 9.21. The van der Waals surface area contributed by atoms with Gasteiger partial charge in [0, 0.05) is 28.8 Å². The molecule has 0 saturated heterocycles. The molecule has 1 aliphatic carbocycles. The molecule has 0 atom stereocenters. The third-order valence-electron chi connectivity index (χ3n) is 6.42. The number of benzene rings is 4. The molecule has 206 valence electrons. The summed E-state index contributed by atoms with van der Waals surface area (Å²) in [7, 11) is 0. The molecule has 0 radical (unpaired) electrons. The van der Waals surface area contributed by atoms with Crippen molar-refractivity contribution < 1.29 is 49.8 Å². The molecule has 41 heavy (non-hydrogen) atoms. The third-order valence-corrected chi connectivity index (χ3v) is 6.42. The number of hydrogen-bond acceptors (Lipinski definition) is 11. The van der Waals surface area contributed by atoms with Crippen LogP contribution in [0.1, 0.15) is 37.4 Å². The van der Waals surface area contributed by atoms with E-state index < -0.39 is 28.5 Å². The van der Waals surface area contributed by atoms with Gasteiger partial charge in [0.05, 0.1) is 11.1 Å². The number of ketones is 2. The fraction of sp³-hybridized carbons (Fsp3) is 0.0333. The first-order valence-corrected chi connectivity index (χ1v) is 11.9. The van der Waals surface area contributed by atoms with Gasteiger partial charge in [0.25, 0.3) is 0 Å². The first kappa shape index (κ1) is 26.6. The van der Waals surface area contributed by atoms with Crippen LogP contribution in [0.3, 0.4) is 0 Å². The minimum Gasteiger partial charge on any atom is -0.508 e. The van der Waals surface area contributed by atoms with E-state index in [0.717, 1.165) is 24.3 Å². The van der Waals surface area contributed by atoms with E-state index in [1.807, 2.05) is 0 Å². The van der Waals surface area contributed by atoms with Crippen molar-refractivity contribution in [2.45, 2.75) is 6.92 Å². The van der Waals surface area contributed by atoms with Crippen molar-refractivity contribution in [2.75, 3.05) is 0 Å². The highest BCUT2D eigenvalue weighted by Gasteiger charge is 2.34. The molecular formula is C30H20O11. The van der Waals surface area contributed by atoms with E-state index in [1.54, 1.807) is 13.0 Å². The van der Waals surface area contributed by atoms with E-state index in [9.17, 15) is 50.1 Å². The Morgan fingerprint density at radius 2 is 1.32 bits per heavy atom. The first-order valence-electron chi connectivity index (χ1n) is 11.9. The van der Waals surface area contributed by atoms with Gasteiger partial charge >= 0.3 is 0 Å². The number of aromatic hydroxyl groups is 7. The van der Waals surface area contributed by atoms with Crippen LogP contribution in [-0.2, 0) is 0 Å². The van der Waals surface area contributed by atoms with Gasteiger partial charge in [-0.15, -0.1) is 0 Å². The van der Waals surface area contributed by atoms with Crippen LogP contribution in [0.25, 0.3) is 22.3 Å². The molecule has 1 heterocycles. The molecule has 0 unspecified atom stereocenters. The van der Waals surface area contributed by atoms with Crippen LogP contribution in [0, 0.1) is 6.92 Å². The van der Waals surface area contributed by atoms with Crippen molar-refractivity contribution in [2.24, 2.45) is 0 Å². The Morgan fingerprint density at radius 1 is 0.610 bits per heavy atom. The van der Waals surface area contributed by atoms with E-state index in [2.05, 4.69) is 0 Å². The molecule has 1 aromatic heterocycles. The third kappa shape index (κ3) is 4.40. The molecule has 0 aliphatic heterocycles. The summed E-state index contributed by atoms with van der Waals surface area (Å²) in [5.74, 6) is -4.09. The van der Waals surface area contributed by atoms with Crippen molar-refractivity contribution in [1.82, 2.24) is 0 Å². The van der Waals surface area contributed by atoms with Crippen molar-refractivity contribution in [3.63, 3.8) is 0 Å². The van der Waals surface area contributed by atoms with Crippen molar-refractivity contribution >= 4 is 22.5 Å². The van der Waals surface area contributed by atoms with E-state index >= 15 is 0 Å². The largest absolute Gasteiger partial charge is 0.508 e. The smallest absolute Gasteiger partial charge is 0.238 e. The summed E-state index contributed by atoms with van der Waals surface area (Å²) in [6, 6.07) is 13.0. The molecule has 6 rings (SSSR count). The maximum atomic E-state index is 12.3. The molecule has 11 nitrogen and oxygen atoms in total. The van der Waals surface area contributed by atoms with Crippen LogP contribution < -0.4 is 5.43 Å². The van der Waals surface area contributed by atoms with Gasteiger partial charge in [0.1, 0.15) is 34.0 Å². The summed E-state index contributed by atoms with van der Waals surface area (Å²) in [6.07, 6.45) is 0. The highest BCUT2D eigenvalue weighted by molar-refractivity contribution is 6.30. The predicted molar refractivity (Wildman–Crippen MR) is 144 cm³/mol. The Labute approximate surface area is 229 Å². The molecule has 11 heteroatoms. The lowest BCUT2D eigenvalue weighted by Crippen LogP contribution is -2.21. The van der Waals surface area contributed by atoms with Gasteiger partial charge in [-0.25, -0.2) is 0 Å². The van der Waals surface area contributed by atoms with Crippen LogP contribution >= 0.6 is 0 Å². The van der Waals surface area contributed by atoms with Gasteiger partial charge < -0.3 is 40.2 Å². The van der Waals surface area contributed by atoms with Gasteiger partial charge in [-0.3, -0.25) is 14.4 Å². The van der Waals surface area contributed by atoms with E-state index in [4.69, 9.17) is 4.42 Å². The van der Waals surface area contributed by atoms with Crippen LogP contribution in [-0.4, -0.2) is 47.3 Å². The highest BCUT2D eigenvalue weighted by atomic mass is 16.4. The molecule has 7 N–H and O–H groups in total. The molecular weight excluding hydrogens is 536 g/mol. The van der Waals surface area contributed by atoms with Crippen LogP contribution in [0.2, 0.25) is 0 Å². The average molecular weight is 556 g/mol. The Hall–Kier alpha value is -5.97. The van der Waals surface area contributed by atoms with Crippen LogP contribution in [0.5, 0.6) is 40.2 Å². The minimum atomic E-state index is -0.888. The lowest BCUT2D eigenvalue weighted by atomic mass is 9.82. The Balaban J connectivity index is 0.000000166. The van der Waals surface area contributed by atoms with Crippen LogP contribution in [0.15, 0.2) is 69.9 Å². The monoisotopic (exact) mass is 556 g/mol. The summed E-state index contributed by atoms with van der Waals surface area (Å²) in [6.45, 7) is 1.73. The van der Waals surface area contributed by atoms with Crippen molar-refractivity contribution in [1.29, 1.82) is 0 Å². The van der Waals surface area contributed by atoms with Gasteiger partial charge in [0.2, 0.25) is 17.0 Å². The van der Waals surface area contributed by atoms with Gasteiger partial charge in [-0.2, -0.15) is 0 Å². The predicted octanol–water partition coefficient (Wildman–Crippen LogP) is 4.17. The first-order chi connectivity index (χ1) is 19.4. The fourth-order valence-corrected chi connectivity index (χ4v) is 4.56. The van der Waals surface area contributed by atoms with E-state index in [-0.39, 0.29) is 73.3 Å². The summed E-state index contributed by atoms with van der Waals surface area (Å²) in [4.78, 5) is 36.8. The minimum absolute atomic E-state index is 0.0374. The number of phenols is 6. The molecule has 0 amide bonds. The van der Waals surface area contributed by atoms with Crippen LogP contribution in [0.4, 0.5) is 0 Å². The number of carbonyl (C=O) groups excluding carboxylic acids is 2. The molecule has 4 aromatic carbocycles. The number of phenolic OH excluding ortho intramolecular Hbond substituents is 6. The topological polar surface area (TPSA) is 206 Å². The Kier molecular flexibility index (Phi) is 6.27. The van der Waals surface area contributed by atoms with Gasteiger partial charge in [-0.05, 0) is 48.9 Å². The highest BCUT2D eigenvalue weighted by Crippen LogP contribution is 2.38. The molecule has 0 fully saturated rings. The van der Waals surface area contributed by atoms with Gasteiger partial charge in [0.15, 0.2) is 23.0 Å². The number of fused-ring (bicyclic) bond motifs is 3. The quantitative estimate of drug-likeness (QED) is 0.143. The zero-order valence-electron chi connectivity index (χ0n) is 21.0. The Bertz CT molecular complexity index is 1990. The SMILES string of the molecule is Cc1cc(O)c2c(c1)C(=O)c1cccc(O)c1C2=O.O=c1c(O)c(-c2ccc(O)c(O)c2)oc2cc(O)cc(O)c12. The van der Waals surface area contributed by atoms with E-state index in [0.29, 0.717) is 5.56 Å². The summed E-state index contributed by atoms with van der Waals surface area (Å²) >= 11 is 0. The lowest BCUT2D eigenvalue weighted by molar-refractivity contribution is 0.0974. The molecule has 1 aliphatic rings. The maximum absolute atomic E-state index is 12.3. The second-order valence-corrected chi connectivity index (χ2v) is 9.21. The number of aryl methyl sites for hydroxylation is 1. The number of rotatable bonds is 1. The molecule has 0 bridgehead atoms. The number of carbonyl (C=O) groups is 2. The normalized spacial score (nSPS) is 11.9. The maximum Gasteiger partial charge on any atom is 0.238 e. The van der Waals surface area contributed by atoms with Crippen molar-refractivity contribution in [3.8, 4) is 51.6 Å². The number of hydrogen-bond donors (Lipinski definition) is 7. The molecule has 0 spiro atoms. The Morgan fingerprint density at radius 3 is 2.02 bits per heavy atom. The molecule has 0 saturated carbocycles. The van der Waals surface area contributed by atoms with Gasteiger partial charge in [-0.1, -0.05) is 12.1 Å². The van der Waals surface area contributed by atoms with E-state index in [1.165, 1.54) is 30.3 Å². The second kappa shape index (κ2) is 9.65. The summed E-state index contributed by atoms with van der Waals surface area (Å²) in [5.41, 5.74) is 0.0756. The van der Waals surface area contributed by atoms with Crippen molar-refractivity contribution in [3.05, 3.63) is 98.7 Å².